The molecule has 4 unspecified atom stereocenters. The number of hydrogen-bond acceptors (Lipinski definition) is 8. The molecular formula is C54H110BO8PSi. The van der Waals surface area contributed by atoms with Gasteiger partial charge in [0.1, 0.15) is 20.7 Å². The maximum atomic E-state index is 12.5. The van der Waals surface area contributed by atoms with E-state index in [9.17, 15) is 19.8 Å². The highest BCUT2D eigenvalue weighted by Crippen LogP contribution is 2.20. The van der Waals surface area contributed by atoms with Crippen LogP contribution in [0, 0.1) is 0 Å². The van der Waals surface area contributed by atoms with Crippen LogP contribution < -0.4 is 0 Å². The molecule has 2 radical (unpaired) electrons. The molecule has 0 aliphatic carbocycles. The number of aliphatic hydroxyl groups excluding tert-OH is 3. The van der Waals surface area contributed by atoms with Crippen LogP contribution in [-0.2, 0) is 23.5 Å². The van der Waals surface area contributed by atoms with Crippen LogP contribution in [0.2, 0.25) is 0 Å². The summed E-state index contributed by atoms with van der Waals surface area (Å²) in [6, 6.07) is 0. The molecule has 8 nitrogen and oxygen atoms in total. The van der Waals surface area contributed by atoms with Gasteiger partial charge >= 0.3 is 11.9 Å². The number of carbonyl (C=O) groups excluding carboxylic acids is 2. The average Bonchev–Trinajstić information content (AvgIpc) is 3.31. The fourth-order valence-corrected chi connectivity index (χ4v) is 8.98. The van der Waals surface area contributed by atoms with Crippen molar-refractivity contribution in [3.63, 3.8) is 0 Å². The van der Waals surface area contributed by atoms with Gasteiger partial charge < -0.3 is 29.2 Å². The highest BCUT2D eigenvalue weighted by Gasteiger charge is 2.17. The van der Waals surface area contributed by atoms with Gasteiger partial charge in [-0.25, -0.2) is 0 Å². The van der Waals surface area contributed by atoms with Crippen molar-refractivity contribution < 1.29 is 38.8 Å². The number of carbonyl (C=O) groups is 2. The molecule has 0 aromatic carbocycles. The molecule has 0 fully saturated rings. The summed E-state index contributed by atoms with van der Waals surface area (Å²) < 4.78 is 31.9. The number of rotatable bonds is 51. The van der Waals surface area contributed by atoms with Crippen molar-refractivity contribution in [1.29, 1.82) is 2.51 Å². The van der Waals surface area contributed by atoms with Crippen LogP contribution >= 0.6 is 8.73 Å². The lowest BCUT2D eigenvalue weighted by Gasteiger charge is -2.19. The van der Waals surface area contributed by atoms with E-state index >= 15 is 0 Å². The Bertz CT molecular complexity index is 1040. The first-order valence-corrected chi connectivity index (χ1v) is 30.9. The number of hydrogen-bond donors (Lipinski definition) is 3. The Morgan fingerprint density at radius 2 is 0.785 bits per heavy atom. The summed E-state index contributed by atoms with van der Waals surface area (Å²) in [4.78, 5) is 24.8. The van der Waals surface area contributed by atoms with Crippen molar-refractivity contribution >= 4 is 36.6 Å². The Balaban J connectivity index is 0. The van der Waals surface area contributed by atoms with Crippen molar-refractivity contribution in [3.05, 3.63) is 0 Å². The number of aliphatic hydroxyl groups is 3. The molecule has 0 aliphatic rings. The molecule has 0 heterocycles. The lowest BCUT2D eigenvalue weighted by atomic mass is 10.0. The van der Waals surface area contributed by atoms with E-state index in [4.69, 9.17) is 29.0 Å². The quantitative estimate of drug-likeness (QED) is 0.0238. The molecule has 0 saturated heterocycles. The van der Waals surface area contributed by atoms with Crippen LogP contribution in [0.5, 0.6) is 0 Å². The summed E-state index contributed by atoms with van der Waals surface area (Å²) in [6.45, 7) is 8.77. The molecule has 0 saturated carbocycles. The smallest absolute Gasteiger partial charge is 0.306 e. The number of unbranched alkanes of at least 4 members (excludes halogenated alkanes) is 28. The van der Waals surface area contributed by atoms with E-state index < -0.39 is 29.5 Å². The van der Waals surface area contributed by atoms with Crippen LogP contribution in [0.1, 0.15) is 297 Å². The topological polar surface area (TPSA) is 123 Å². The largest absolute Gasteiger partial charge is 0.462 e. The standard InChI is InChI=1S/C27H56BO4PSi.C27H54O4/c1-3-5-7-9-11-12-13-14-16-18-23-27(30)32-26(21-17-15-10-8-6-4-2)22-19-20-25(29)24-31-34(28)33;1-3-5-7-9-11-12-13-14-16-18-23-27(30)31-26(22-19-20-25(29)24-28)21-17-15-10-8-6-4-2/h25-26,29,34H,3-24,33H2,1-2H3;25-26,28-29H,3-24H2,1-2H3/t25-,26?,34?;25-,26?/m00/s1/i33T,34D;/t25-,26?,33?,34?;. The minimum Gasteiger partial charge on any atom is -0.462 e. The van der Waals surface area contributed by atoms with E-state index in [0.717, 1.165) is 77.0 Å². The van der Waals surface area contributed by atoms with Crippen LogP contribution in [-0.4, -0.2) is 83.3 Å². The molecule has 0 bridgehead atoms. The minimum atomic E-state index is -3.17. The summed E-state index contributed by atoms with van der Waals surface area (Å²) in [5, 5.41) is 28.7. The summed E-state index contributed by atoms with van der Waals surface area (Å²) >= 11 is 0. The second-order valence-corrected chi connectivity index (χ2v) is 21.7. The van der Waals surface area contributed by atoms with Gasteiger partial charge in [0.15, 0.2) is 0 Å². The van der Waals surface area contributed by atoms with Crippen LogP contribution in [0.15, 0.2) is 0 Å². The average molecular weight is 960 g/mol. The zero-order valence-electron chi connectivity index (χ0n) is 45.4. The number of esters is 2. The van der Waals surface area contributed by atoms with Gasteiger partial charge in [0.05, 0.1) is 34.1 Å². The van der Waals surface area contributed by atoms with E-state index in [1.54, 1.807) is 0 Å². The first-order chi connectivity index (χ1) is 32.5. The molecule has 0 aromatic heterocycles. The summed E-state index contributed by atoms with van der Waals surface area (Å²) in [5.41, 5.74) is 0. The Hall–Kier alpha value is -0.508. The zero-order chi connectivity index (χ0) is 49.9. The summed E-state index contributed by atoms with van der Waals surface area (Å²) in [7, 11) is 1.98. The lowest BCUT2D eigenvalue weighted by Crippen LogP contribution is -2.22. The lowest BCUT2D eigenvalue weighted by molar-refractivity contribution is -0.151. The van der Waals surface area contributed by atoms with Crippen LogP contribution in [0.4, 0.5) is 0 Å². The van der Waals surface area contributed by atoms with Crippen molar-refractivity contribution in [1.82, 2.24) is 0 Å². The normalized spacial score (nSPS) is 14.8. The molecule has 0 amide bonds. The molecule has 6 atom stereocenters. The highest BCUT2D eigenvalue weighted by atomic mass is 31.3. The number of ether oxygens (including phenoxy) is 2. The van der Waals surface area contributed by atoms with Crippen molar-refractivity contribution in [2.75, 3.05) is 13.2 Å². The maximum absolute atomic E-state index is 12.5. The van der Waals surface area contributed by atoms with E-state index in [2.05, 4.69) is 27.7 Å². The third-order valence-electron chi connectivity index (χ3n) is 12.6. The van der Waals surface area contributed by atoms with Gasteiger partial charge in [-0.1, -0.05) is 207 Å². The third-order valence-corrected chi connectivity index (χ3v) is 13.5. The van der Waals surface area contributed by atoms with Crippen LogP contribution in [0.3, 0.4) is 0 Å². The molecule has 386 valence electrons. The second-order valence-electron chi connectivity index (χ2n) is 19.2. The predicted molar refractivity (Wildman–Crippen MR) is 284 cm³/mol. The van der Waals surface area contributed by atoms with E-state index in [0.29, 0.717) is 25.7 Å². The van der Waals surface area contributed by atoms with Gasteiger partial charge in [-0.2, -0.15) is 0 Å². The molecule has 0 aliphatic heterocycles. The van der Waals surface area contributed by atoms with Gasteiger partial charge in [-0.3, -0.25) is 9.59 Å². The molecule has 11 heteroatoms. The van der Waals surface area contributed by atoms with Crippen molar-refractivity contribution in [2.24, 2.45) is 0 Å². The van der Waals surface area contributed by atoms with Crippen LogP contribution in [0.25, 0.3) is 0 Å². The second kappa shape index (κ2) is 54.4. The zero-order valence-corrected chi connectivity index (χ0v) is 45.4. The molecule has 65 heavy (non-hydrogen) atoms. The monoisotopic (exact) mass is 960 g/mol. The minimum absolute atomic E-state index is 0.0126. The van der Waals surface area contributed by atoms with Gasteiger partial charge in [-0.15, -0.1) is 8.73 Å². The Morgan fingerprint density at radius 3 is 1.11 bits per heavy atom. The summed E-state index contributed by atoms with van der Waals surface area (Å²) in [5.74, 6) is -0.141. The predicted octanol–water partition coefficient (Wildman–Crippen LogP) is 14.8. The molecular weight excluding hydrogens is 846 g/mol. The van der Waals surface area contributed by atoms with E-state index in [1.807, 2.05) is 0 Å². The van der Waals surface area contributed by atoms with Crippen molar-refractivity contribution in [2.45, 2.75) is 322 Å². The maximum Gasteiger partial charge on any atom is 0.306 e. The van der Waals surface area contributed by atoms with E-state index in [-0.39, 0.29) is 37.4 Å². The van der Waals surface area contributed by atoms with Crippen molar-refractivity contribution in [3.8, 4) is 0 Å². The molecule has 0 rings (SSSR count). The fourth-order valence-electron chi connectivity index (χ4n) is 8.36. The summed E-state index contributed by atoms with van der Waals surface area (Å²) in [6.07, 6.45) is 45.3. The fraction of sp³-hybridized carbons (Fsp3) is 0.963. The highest BCUT2D eigenvalue weighted by molar-refractivity contribution is 7.70. The molecule has 3 N–H and O–H groups in total. The Morgan fingerprint density at radius 1 is 0.492 bits per heavy atom. The first-order valence-electron chi connectivity index (χ1n) is 29.0. The molecule has 0 spiro atoms. The van der Waals surface area contributed by atoms with E-state index in [1.165, 1.54) is 167 Å². The Kier molecular flexibility index (Phi) is 52.3. The molecule has 0 aromatic rings. The SMILES string of the molecule is CCCCCCCCCCCCC(=O)OC(CCCCCCCC)CCC[C@H](O)CO.[2H][Si]([B])(OC[C@@H](O)CCCC(CCCCCCCC)OC(=O)CCCCCCCCCCCC)P[3H]. The van der Waals surface area contributed by atoms with Gasteiger partial charge in [0.25, 0.3) is 0 Å². The van der Waals surface area contributed by atoms with Gasteiger partial charge in [-0.05, 0) is 77.0 Å². The third kappa shape index (κ3) is 54.3. The first kappa shape index (κ1) is 62.5. The Labute approximate surface area is 411 Å². The van der Waals surface area contributed by atoms with Gasteiger partial charge in [0, 0.05) is 14.1 Å². The van der Waals surface area contributed by atoms with Gasteiger partial charge in [0.2, 0.25) is 0 Å².